The van der Waals surface area contributed by atoms with Crippen LogP contribution >= 0.6 is 0 Å². The first-order valence-electron chi connectivity index (χ1n) is 7.99. The Labute approximate surface area is 140 Å². The van der Waals surface area contributed by atoms with Crippen molar-refractivity contribution in [3.63, 3.8) is 0 Å². The zero-order valence-electron chi connectivity index (χ0n) is 13.2. The Morgan fingerprint density at radius 2 is 1.96 bits per heavy atom. The van der Waals surface area contributed by atoms with Crippen molar-refractivity contribution in [3.8, 4) is 11.1 Å². The average molecular weight is 349 g/mol. The molecule has 24 heavy (non-hydrogen) atoms. The molecule has 0 atom stereocenters. The number of sulfonamides is 1. The van der Waals surface area contributed by atoms with Crippen LogP contribution in [0.2, 0.25) is 0 Å². The Morgan fingerprint density at radius 3 is 2.67 bits per heavy atom. The molecule has 8 heteroatoms. The number of benzene rings is 1. The monoisotopic (exact) mass is 349 g/mol. The van der Waals surface area contributed by atoms with Crippen LogP contribution in [0.5, 0.6) is 0 Å². The van der Waals surface area contributed by atoms with E-state index in [2.05, 4.69) is 5.10 Å². The normalized spacial score (nSPS) is 19.5. The minimum atomic E-state index is -3.38. The van der Waals surface area contributed by atoms with Gasteiger partial charge in [-0.15, -0.1) is 0 Å². The molecule has 2 aliphatic rings. The molecule has 2 fully saturated rings. The lowest BCUT2D eigenvalue weighted by molar-refractivity contribution is -0.0545. The van der Waals surface area contributed by atoms with Crippen molar-refractivity contribution in [3.05, 3.63) is 36.7 Å². The van der Waals surface area contributed by atoms with Crippen molar-refractivity contribution >= 4 is 10.0 Å². The molecule has 4 rings (SSSR count). The molecule has 0 amide bonds. The summed E-state index contributed by atoms with van der Waals surface area (Å²) in [7, 11) is -3.38. The van der Waals surface area contributed by atoms with Crippen LogP contribution in [0.15, 0.2) is 41.6 Å². The third-order valence-corrected chi connectivity index (χ3v) is 6.18. The Kier molecular flexibility index (Phi) is 4.13. The molecule has 3 heterocycles. The van der Waals surface area contributed by atoms with Gasteiger partial charge in [0.2, 0.25) is 10.0 Å². The molecule has 0 N–H and O–H groups in total. The van der Waals surface area contributed by atoms with Crippen LogP contribution in [0, 0.1) is 0 Å². The van der Waals surface area contributed by atoms with E-state index >= 15 is 0 Å². The lowest BCUT2D eigenvalue weighted by Crippen LogP contribution is -2.41. The van der Waals surface area contributed by atoms with Gasteiger partial charge in [0.05, 0.1) is 30.9 Å². The molecule has 0 unspecified atom stereocenters. The van der Waals surface area contributed by atoms with Crippen molar-refractivity contribution in [1.82, 2.24) is 14.1 Å². The number of rotatable bonds is 5. The van der Waals surface area contributed by atoms with Gasteiger partial charge in [-0.2, -0.15) is 9.40 Å². The molecule has 128 valence electrons. The van der Waals surface area contributed by atoms with Gasteiger partial charge in [-0.3, -0.25) is 4.68 Å². The molecule has 0 radical (unpaired) electrons. The minimum Gasteiger partial charge on any atom is -0.348 e. The fraction of sp³-hybridized carbons (Fsp3) is 0.438. The fourth-order valence-electron chi connectivity index (χ4n) is 2.79. The van der Waals surface area contributed by atoms with Crippen LogP contribution < -0.4 is 0 Å². The van der Waals surface area contributed by atoms with E-state index in [-0.39, 0.29) is 6.29 Å². The van der Waals surface area contributed by atoms with Crippen LogP contribution in [-0.4, -0.2) is 55.1 Å². The van der Waals surface area contributed by atoms with Crippen molar-refractivity contribution in [1.29, 1.82) is 0 Å². The van der Waals surface area contributed by atoms with Crippen LogP contribution in [-0.2, 0) is 26.0 Å². The van der Waals surface area contributed by atoms with Crippen LogP contribution in [0.4, 0.5) is 0 Å². The molecule has 2 aromatic rings. The zero-order valence-corrected chi connectivity index (χ0v) is 14.0. The number of ether oxygens (including phenoxy) is 2. The highest BCUT2D eigenvalue weighted by atomic mass is 32.2. The van der Waals surface area contributed by atoms with E-state index in [9.17, 15) is 8.42 Å². The van der Waals surface area contributed by atoms with Crippen LogP contribution in [0.1, 0.15) is 6.42 Å². The Hall–Kier alpha value is -1.74. The molecule has 1 aromatic carbocycles. The molecule has 7 nitrogen and oxygen atoms in total. The predicted molar refractivity (Wildman–Crippen MR) is 86.7 cm³/mol. The van der Waals surface area contributed by atoms with E-state index < -0.39 is 10.0 Å². The fourth-order valence-corrected chi connectivity index (χ4v) is 4.35. The Morgan fingerprint density at radius 1 is 1.17 bits per heavy atom. The van der Waals surface area contributed by atoms with Gasteiger partial charge in [-0.1, -0.05) is 12.1 Å². The second-order valence-electron chi connectivity index (χ2n) is 5.91. The Balaban J connectivity index is 1.56. The van der Waals surface area contributed by atoms with E-state index in [1.165, 1.54) is 4.31 Å². The highest BCUT2D eigenvalue weighted by Crippen LogP contribution is 2.26. The molecule has 1 aromatic heterocycles. The number of hydrogen-bond donors (Lipinski definition) is 0. The smallest absolute Gasteiger partial charge is 0.243 e. The largest absolute Gasteiger partial charge is 0.348 e. The number of hydrogen-bond acceptors (Lipinski definition) is 5. The first-order valence-corrected chi connectivity index (χ1v) is 9.43. The minimum absolute atomic E-state index is 0.268. The van der Waals surface area contributed by atoms with Gasteiger partial charge < -0.3 is 9.47 Å². The third kappa shape index (κ3) is 2.98. The van der Waals surface area contributed by atoms with Crippen molar-refractivity contribution < 1.29 is 17.9 Å². The highest BCUT2D eigenvalue weighted by molar-refractivity contribution is 7.89. The number of nitrogens with zero attached hydrogens (tertiary/aromatic N) is 3. The summed E-state index contributed by atoms with van der Waals surface area (Å²) in [6.45, 7) is 2.94. The lowest BCUT2D eigenvalue weighted by atomic mass is 10.1. The van der Waals surface area contributed by atoms with Gasteiger partial charge in [0.15, 0.2) is 6.29 Å². The van der Waals surface area contributed by atoms with Crippen molar-refractivity contribution in [2.24, 2.45) is 0 Å². The molecule has 0 aliphatic carbocycles. The van der Waals surface area contributed by atoms with Gasteiger partial charge in [-0.25, -0.2) is 8.42 Å². The van der Waals surface area contributed by atoms with Crippen LogP contribution in [0.25, 0.3) is 11.1 Å². The SMILES string of the molecule is O=S(=O)(c1cccc(-c2cnn(CC3OCCO3)c2)c1)N1CCC1. The maximum Gasteiger partial charge on any atom is 0.243 e. The van der Waals surface area contributed by atoms with Gasteiger partial charge >= 0.3 is 0 Å². The summed E-state index contributed by atoms with van der Waals surface area (Å²) in [5.41, 5.74) is 1.70. The van der Waals surface area contributed by atoms with Crippen molar-refractivity contribution in [2.45, 2.75) is 24.2 Å². The van der Waals surface area contributed by atoms with E-state index in [0.29, 0.717) is 37.7 Å². The summed E-state index contributed by atoms with van der Waals surface area (Å²) in [6.07, 6.45) is 4.26. The number of aromatic nitrogens is 2. The summed E-state index contributed by atoms with van der Waals surface area (Å²) in [4.78, 5) is 0.329. The zero-order chi connectivity index (χ0) is 16.6. The molecular formula is C16H19N3O4S. The molecule has 0 spiro atoms. The standard InChI is InChI=1S/C16H19N3O4S/c20-24(21,19-5-2-6-19)15-4-1-3-13(9-15)14-10-17-18(11-14)12-16-22-7-8-23-16/h1,3-4,9-11,16H,2,5-8,12H2. The van der Waals surface area contributed by atoms with E-state index in [0.717, 1.165) is 17.5 Å². The van der Waals surface area contributed by atoms with Crippen molar-refractivity contribution in [2.75, 3.05) is 26.3 Å². The van der Waals surface area contributed by atoms with Gasteiger partial charge in [0.1, 0.15) is 0 Å². The second kappa shape index (κ2) is 6.29. The van der Waals surface area contributed by atoms with E-state index in [4.69, 9.17) is 9.47 Å². The topological polar surface area (TPSA) is 73.7 Å². The molecule has 0 saturated carbocycles. The van der Waals surface area contributed by atoms with E-state index in [1.54, 1.807) is 29.1 Å². The first kappa shape index (κ1) is 15.8. The highest BCUT2D eigenvalue weighted by Gasteiger charge is 2.29. The van der Waals surface area contributed by atoms with Gasteiger partial charge in [0.25, 0.3) is 0 Å². The van der Waals surface area contributed by atoms with Crippen LogP contribution in [0.3, 0.4) is 0 Å². The maximum atomic E-state index is 12.5. The Bertz CT molecular complexity index is 823. The summed E-state index contributed by atoms with van der Waals surface area (Å²) >= 11 is 0. The quantitative estimate of drug-likeness (QED) is 0.814. The summed E-state index contributed by atoms with van der Waals surface area (Å²) in [5, 5.41) is 4.31. The van der Waals surface area contributed by atoms with E-state index in [1.807, 2.05) is 12.3 Å². The van der Waals surface area contributed by atoms with Gasteiger partial charge in [0, 0.05) is 24.8 Å². The summed E-state index contributed by atoms with van der Waals surface area (Å²) in [5.74, 6) is 0. The predicted octanol–water partition coefficient (Wildman–Crippen LogP) is 1.32. The average Bonchev–Trinajstić information content (AvgIpc) is 3.17. The van der Waals surface area contributed by atoms with Gasteiger partial charge in [-0.05, 0) is 24.1 Å². The first-order chi connectivity index (χ1) is 11.6. The maximum absolute atomic E-state index is 12.5. The molecular weight excluding hydrogens is 330 g/mol. The molecule has 2 saturated heterocycles. The summed E-state index contributed by atoms with van der Waals surface area (Å²) < 4.78 is 39.1. The third-order valence-electron chi connectivity index (χ3n) is 4.28. The second-order valence-corrected chi connectivity index (χ2v) is 7.85. The molecule has 0 bridgehead atoms. The summed E-state index contributed by atoms with van der Waals surface area (Å²) in [6, 6.07) is 7.00. The lowest BCUT2D eigenvalue weighted by Gasteiger charge is -2.29. The molecule has 2 aliphatic heterocycles.